The second-order valence-electron chi connectivity index (χ2n) is 5.14. The first-order chi connectivity index (χ1) is 11.3. The van der Waals surface area contributed by atoms with Crippen LogP contribution >= 0.6 is 0 Å². The smallest absolute Gasteiger partial charge is 0.218 e. The van der Waals surface area contributed by atoms with E-state index in [2.05, 4.69) is 34.5 Å². The molecule has 0 aliphatic rings. The van der Waals surface area contributed by atoms with E-state index in [1.54, 1.807) is 13.3 Å². The molecule has 1 aromatic heterocycles. The minimum atomic E-state index is 0.537. The average Bonchev–Trinajstić information content (AvgIpc) is 2.57. The first-order valence-electron chi connectivity index (χ1n) is 8.39. The summed E-state index contributed by atoms with van der Waals surface area (Å²) in [6.07, 6.45) is 4.83. The molecule has 0 saturated carbocycles. The molecule has 0 unspecified atom stereocenters. The molecule has 1 heterocycles. The van der Waals surface area contributed by atoms with Crippen LogP contribution in [0.5, 0.6) is 5.88 Å². The standard InChI is InChI=1S/C17H30N4O2/c1-4-6-13-23-16-15(9-7-10-19-16)14-21-17(18-5-2)20-11-8-12-22-3/h7,9-10H,4-6,8,11-14H2,1-3H3,(H2,18,20,21). The molecule has 0 atom stereocenters. The maximum atomic E-state index is 5.75. The molecule has 0 aliphatic heterocycles. The van der Waals surface area contributed by atoms with Crippen LogP contribution in [0.2, 0.25) is 0 Å². The molecule has 0 fully saturated rings. The fraction of sp³-hybridized carbons (Fsp3) is 0.647. The molecule has 0 spiro atoms. The predicted octanol–water partition coefficient (Wildman–Crippen LogP) is 2.35. The molecule has 6 heteroatoms. The minimum absolute atomic E-state index is 0.537. The maximum Gasteiger partial charge on any atom is 0.218 e. The van der Waals surface area contributed by atoms with Crippen LogP contribution in [0.25, 0.3) is 0 Å². The third-order valence-corrected chi connectivity index (χ3v) is 3.16. The summed E-state index contributed by atoms with van der Waals surface area (Å²) in [6, 6.07) is 3.92. The van der Waals surface area contributed by atoms with Crippen molar-refractivity contribution in [1.29, 1.82) is 0 Å². The normalized spacial score (nSPS) is 11.3. The Labute approximate surface area is 139 Å². The fourth-order valence-electron chi connectivity index (χ4n) is 1.92. The lowest BCUT2D eigenvalue weighted by Crippen LogP contribution is -2.38. The summed E-state index contributed by atoms with van der Waals surface area (Å²) in [7, 11) is 1.71. The number of methoxy groups -OCH3 is 1. The highest BCUT2D eigenvalue weighted by atomic mass is 16.5. The number of guanidine groups is 1. The van der Waals surface area contributed by atoms with Gasteiger partial charge in [0.1, 0.15) is 0 Å². The largest absolute Gasteiger partial charge is 0.477 e. The van der Waals surface area contributed by atoms with E-state index in [1.165, 1.54) is 0 Å². The van der Waals surface area contributed by atoms with Gasteiger partial charge in [0, 0.05) is 38.6 Å². The number of hydrogen-bond acceptors (Lipinski definition) is 4. The molecule has 130 valence electrons. The van der Waals surface area contributed by atoms with E-state index in [0.717, 1.165) is 50.5 Å². The van der Waals surface area contributed by atoms with Gasteiger partial charge in [-0.1, -0.05) is 19.4 Å². The average molecular weight is 322 g/mol. The third kappa shape index (κ3) is 8.40. The van der Waals surface area contributed by atoms with E-state index >= 15 is 0 Å². The highest BCUT2D eigenvalue weighted by Gasteiger charge is 2.05. The van der Waals surface area contributed by atoms with Crippen LogP contribution in [0, 0.1) is 0 Å². The Kier molecular flexibility index (Phi) is 10.6. The molecule has 6 nitrogen and oxygen atoms in total. The van der Waals surface area contributed by atoms with E-state index in [0.29, 0.717) is 19.0 Å². The van der Waals surface area contributed by atoms with Gasteiger partial charge in [0.2, 0.25) is 5.88 Å². The Hall–Kier alpha value is -1.82. The van der Waals surface area contributed by atoms with Crippen molar-refractivity contribution >= 4 is 5.96 Å². The van der Waals surface area contributed by atoms with Gasteiger partial charge < -0.3 is 20.1 Å². The van der Waals surface area contributed by atoms with E-state index in [4.69, 9.17) is 9.47 Å². The molecule has 23 heavy (non-hydrogen) atoms. The SMILES string of the molecule is CCCCOc1ncccc1CN=C(NCC)NCCCOC. The van der Waals surface area contributed by atoms with Crippen LogP contribution in [0.1, 0.15) is 38.7 Å². The van der Waals surface area contributed by atoms with Crippen LogP contribution in [0.15, 0.2) is 23.3 Å². The topological polar surface area (TPSA) is 67.8 Å². The van der Waals surface area contributed by atoms with Gasteiger partial charge in [-0.05, 0) is 25.8 Å². The molecule has 1 rings (SSSR count). The number of unbranched alkanes of at least 4 members (excludes halogenated alkanes) is 1. The van der Waals surface area contributed by atoms with Gasteiger partial charge in [-0.3, -0.25) is 0 Å². The van der Waals surface area contributed by atoms with Crippen molar-refractivity contribution in [2.24, 2.45) is 4.99 Å². The number of pyridine rings is 1. The van der Waals surface area contributed by atoms with Crippen molar-refractivity contribution in [3.63, 3.8) is 0 Å². The van der Waals surface area contributed by atoms with Gasteiger partial charge in [-0.25, -0.2) is 9.98 Å². The van der Waals surface area contributed by atoms with Gasteiger partial charge in [-0.2, -0.15) is 0 Å². The highest BCUT2D eigenvalue weighted by Crippen LogP contribution is 2.15. The Balaban J connectivity index is 2.59. The zero-order valence-corrected chi connectivity index (χ0v) is 14.6. The number of aliphatic imine (C=N–C) groups is 1. The first kappa shape index (κ1) is 19.2. The summed E-state index contributed by atoms with van der Waals surface area (Å²) in [5.74, 6) is 1.48. The molecule has 2 N–H and O–H groups in total. The van der Waals surface area contributed by atoms with Gasteiger partial charge >= 0.3 is 0 Å². The maximum absolute atomic E-state index is 5.75. The van der Waals surface area contributed by atoms with Crippen molar-refractivity contribution in [1.82, 2.24) is 15.6 Å². The lowest BCUT2D eigenvalue weighted by atomic mass is 10.2. The van der Waals surface area contributed by atoms with Gasteiger partial charge in [0.15, 0.2) is 5.96 Å². The number of nitrogens with zero attached hydrogens (tertiary/aromatic N) is 2. The lowest BCUT2D eigenvalue weighted by Gasteiger charge is -2.12. The minimum Gasteiger partial charge on any atom is -0.477 e. The fourth-order valence-corrected chi connectivity index (χ4v) is 1.92. The molecule has 0 bridgehead atoms. The van der Waals surface area contributed by atoms with Crippen molar-refractivity contribution in [3.05, 3.63) is 23.9 Å². The number of hydrogen-bond donors (Lipinski definition) is 2. The molecule has 0 aromatic carbocycles. The molecule has 0 saturated heterocycles. The zero-order chi connectivity index (χ0) is 16.8. The van der Waals surface area contributed by atoms with Gasteiger partial charge in [-0.15, -0.1) is 0 Å². The van der Waals surface area contributed by atoms with Crippen molar-refractivity contribution in [2.45, 2.75) is 39.7 Å². The second kappa shape index (κ2) is 12.7. The van der Waals surface area contributed by atoms with Gasteiger partial charge in [0.05, 0.1) is 13.2 Å². The van der Waals surface area contributed by atoms with Crippen LogP contribution in [-0.2, 0) is 11.3 Å². The summed E-state index contributed by atoms with van der Waals surface area (Å²) in [4.78, 5) is 8.92. The molecule has 0 aliphatic carbocycles. The molecule has 0 amide bonds. The summed E-state index contributed by atoms with van der Waals surface area (Å²) in [6.45, 7) is 7.81. The van der Waals surface area contributed by atoms with Crippen LogP contribution in [0.3, 0.4) is 0 Å². The van der Waals surface area contributed by atoms with E-state index in [9.17, 15) is 0 Å². The zero-order valence-electron chi connectivity index (χ0n) is 14.6. The van der Waals surface area contributed by atoms with Crippen LogP contribution in [-0.4, -0.2) is 44.4 Å². The first-order valence-corrected chi connectivity index (χ1v) is 8.39. The lowest BCUT2D eigenvalue weighted by molar-refractivity contribution is 0.195. The van der Waals surface area contributed by atoms with Crippen molar-refractivity contribution in [2.75, 3.05) is 33.4 Å². The summed E-state index contributed by atoms with van der Waals surface area (Å²) >= 11 is 0. The number of ether oxygens (including phenoxy) is 2. The predicted molar refractivity (Wildman–Crippen MR) is 94.0 cm³/mol. The molecule has 0 radical (unpaired) electrons. The Bertz CT molecular complexity index is 452. The Morgan fingerprint density at radius 2 is 2.09 bits per heavy atom. The van der Waals surface area contributed by atoms with E-state index in [1.807, 2.05) is 12.1 Å². The van der Waals surface area contributed by atoms with Crippen molar-refractivity contribution in [3.8, 4) is 5.88 Å². The third-order valence-electron chi connectivity index (χ3n) is 3.16. The summed E-state index contributed by atoms with van der Waals surface area (Å²) in [5, 5.41) is 6.53. The number of rotatable bonds is 11. The van der Waals surface area contributed by atoms with E-state index in [-0.39, 0.29) is 0 Å². The van der Waals surface area contributed by atoms with Gasteiger partial charge in [0.25, 0.3) is 0 Å². The molecular formula is C17H30N4O2. The van der Waals surface area contributed by atoms with Crippen LogP contribution < -0.4 is 15.4 Å². The van der Waals surface area contributed by atoms with Crippen LogP contribution in [0.4, 0.5) is 0 Å². The molecular weight excluding hydrogens is 292 g/mol. The number of nitrogens with one attached hydrogen (secondary N) is 2. The summed E-state index contributed by atoms with van der Waals surface area (Å²) < 4.78 is 10.8. The monoisotopic (exact) mass is 322 g/mol. The second-order valence-corrected chi connectivity index (χ2v) is 5.14. The van der Waals surface area contributed by atoms with Crippen molar-refractivity contribution < 1.29 is 9.47 Å². The Morgan fingerprint density at radius 1 is 1.22 bits per heavy atom. The Morgan fingerprint density at radius 3 is 2.83 bits per heavy atom. The highest BCUT2D eigenvalue weighted by molar-refractivity contribution is 5.79. The quantitative estimate of drug-likeness (QED) is 0.372. The molecule has 1 aromatic rings. The van der Waals surface area contributed by atoms with E-state index < -0.39 is 0 Å². The number of aromatic nitrogens is 1. The summed E-state index contributed by atoms with van der Waals surface area (Å²) in [5.41, 5.74) is 0.998.